The van der Waals surface area contributed by atoms with E-state index in [1.165, 1.54) is 0 Å². The molecule has 0 bridgehead atoms. The molecule has 1 atom stereocenters. The maximum absolute atomic E-state index is 8.97. The van der Waals surface area contributed by atoms with Gasteiger partial charge in [0.1, 0.15) is 11.6 Å². The Morgan fingerprint density at radius 1 is 1.53 bits per heavy atom. The molecule has 0 aliphatic heterocycles. The van der Waals surface area contributed by atoms with E-state index in [-0.39, 0.29) is 0 Å². The highest BCUT2D eigenvalue weighted by molar-refractivity contribution is 7.52. The van der Waals surface area contributed by atoms with Gasteiger partial charge in [0, 0.05) is 12.6 Å². The first kappa shape index (κ1) is 11.4. The number of nitrogens with two attached hydrogens (primary N) is 1. The number of nitrogens with zero attached hydrogens (tertiary/aromatic N) is 2. The topological polar surface area (TPSA) is 91.6 Å². The molecule has 5 nitrogen and oxygen atoms in total. The van der Waals surface area contributed by atoms with Crippen molar-refractivity contribution in [2.45, 2.75) is 0 Å². The van der Waals surface area contributed by atoms with Crippen LogP contribution in [0.15, 0.2) is 29.3 Å². The molecule has 0 fully saturated rings. The first-order valence-electron chi connectivity index (χ1n) is 4.06. The minimum Gasteiger partial charge on any atom is -0.437 e. The molecule has 0 aliphatic carbocycles. The molecule has 0 saturated carbocycles. The fourth-order valence-electron chi connectivity index (χ4n) is 0.936. The van der Waals surface area contributed by atoms with Gasteiger partial charge >= 0.3 is 8.38 Å². The van der Waals surface area contributed by atoms with E-state index in [0.29, 0.717) is 11.6 Å². The normalized spacial score (nSPS) is 13.0. The van der Waals surface area contributed by atoms with Crippen molar-refractivity contribution in [2.75, 3.05) is 7.05 Å². The summed E-state index contributed by atoms with van der Waals surface area (Å²) in [5.41, 5.74) is 6.35. The van der Waals surface area contributed by atoms with Gasteiger partial charge in [0.2, 0.25) is 0 Å². The molecule has 0 aliphatic rings. The van der Waals surface area contributed by atoms with Gasteiger partial charge in [-0.05, 0) is 24.3 Å². The van der Waals surface area contributed by atoms with Crippen LogP contribution in [-0.4, -0.2) is 17.8 Å². The summed E-state index contributed by atoms with van der Waals surface area (Å²) in [7, 11) is -0.440. The molecule has 1 aromatic rings. The summed E-state index contributed by atoms with van der Waals surface area (Å²) in [4.78, 5) is 12.8. The molecular formula is C9H10N3O2P. The van der Waals surface area contributed by atoms with Crippen LogP contribution in [0, 0.1) is 11.1 Å². The van der Waals surface area contributed by atoms with Crippen LogP contribution in [0.4, 0.5) is 0 Å². The molecule has 15 heavy (non-hydrogen) atoms. The van der Waals surface area contributed by atoms with E-state index in [4.69, 9.17) is 20.4 Å². The molecule has 1 unspecified atom stereocenters. The maximum Gasteiger partial charge on any atom is 0.342 e. The number of hydrogen-bond donors (Lipinski definition) is 2. The van der Waals surface area contributed by atoms with Crippen LogP contribution in [0.2, 0.25) is 0 Å². The summed E-state index contributed by atoms with van der Waals surface area (Å²) >= 11 is 0. The van der Waals surface area contributed by atoms with Crippen LogP contribution in [-0.2, 0) is 0 Å². The highest BCUT2D eigenvalue weighted by Gasteiger charge is 2.05. The highest BCUT2D eigenvalue weighted by Crippen LogP contribution is 2.31. The first-order chi connectivity index (χ1) is 7.17. The van der Waals surface area contributed by atoms with E-state index in [0.717, 1.165) is 5.56 Å². The van der Waals surface area contributed by atoms with E-state index in [1.807, 2.05) is 0 Å². The zero-order valence-corrected chi connectivity index (χ0v) is 8.98. The molecule has 0 saturated heterocycles. The summed E-state index contributed by atoms with van der Waals surface area (Å²) in [6.45, 7) is 0. The average molecular weight is 223 g/mol. The Morgan fingerprint density at radius 3 is 2.60 bits per heavy atom. The molecule has 0 amide bonds. The Labute approximate surface area is 88.7 Å². The van der Waals surface area contributed by atoms with Gasteiger partial charge in [-0.15, -0.1) is 0 Å². The molecule has 1 aromatic carbocycles. The summed E-state index contributed by atoms with van der Waals surface area (Å²) < 4.78 is 4.91. The standard InChI is InChI=1S/C9H10N3O2P/c1-12-9(11)7-2-4-8(5-3-7)14-15(13)6-10/h2-5,13H,1H3,(H2,11,12). The average Bonchev–Trinajstić information content (AvgIpc) is 2.29. The van der Waals surface area contributed by atoms with Crippen molar-refractivity contribution in [3.8, 4) is 11.6 Å². The van der Waals surface area contributed by atoms with Crippen molar-refractivity contribution < 1.29 is 9.42 Å². The second-order valence-electron chi connectivity index (χ2n) is 2.60. The Hall–Kier alpha value is -1.63. The van der Waals surface area contributed by atoms with Crippen LogP contribution in [0.5, 0.6) is 5.75 Å². The first-order valence-corrected chi connectivity index (χ1v) is 5.28. The summed E-state index contributed by atoms with van der Waals surface area (Å²) in [6, 6.07) is 6.66. The Morgan fingerprint density at radius 2 is 2.13 bits per heavy atom. The van der Waals surface area contributed by atoms with Crippen molar-refractivity contribution in [3.63, 3.8) is 0 Å². The van der Waals surface area contributed by atoms with Crippen LogP contribution in [0.25, 0.3) is 0 Å². The SMILES string of the molecule is CN=C(N)c1ccc(OP(O)C#N)cc1. The molecule has 3 N–H and O–H groups in total. The lowest BCUT2D eigenvalue weighted by atomic mass is 10.2. The van der Waals surface area contributed by atoms with Gasteiger partial charge in [-0.3, -0.25) is 4.99 Å². The van der Waals surface area contributed by atoms with Crippen molar-refractivity contribution in [3.05, 3.63) is 29.8 Å². The largest absolute Gasteiger partial charge is 0.437 e. The number of aliphatic imine (C=N–C) groups is 1. The molecule has 78 valence electrons. The smallest absolute Gasteiger partial charge is 0.342 e. The summed E-state index contributed by atoms with van der Waals surface area (Å²) in [5.74, 6) is 2.46. The van der Waals surface area contributed by atoms with Crippen LogP contribution in [0.1, 0.15) is 5.56 Å². The van der Waals surface area contributed by atoms with Gasteiger partial charge in [0.15, 0.2) is 5.81 Å². The van der Waals surface area contributed by atoms with E-state index >= 15 is 0 Å². The minimum atomic E-state index is -2.04. The number of amidine groups is 1. The van der Waals surface area contributed by atoms with E-state index < -0.39 is 8.38 Å². The third kappa shape index (κ3) is 3.21. The Bertz CT molecular complexity index is 397. The molecule has 1 rings (SSSR count). The van der Waals surface area contributed by atoms with Crippen molar-refractivity contribution in [2.24, 2.45) is 10.7 Å². The summed E-state index contributed by atoms with van der Waals surface area (Å²) in [5, 5.41) is 8.34. The zero-order valence-electron chi connectivity index (χ0n) is 8.08. The third-order valence-electron chi connectivity index (χ3n) is 1.67. The number of hydrogen-bond acceptors (Lipinski definition) is 4. The van der Waals surface area contributed by atoms with Crippen molar-refractivity contribution in [1.82, 2.24) is 0 Å². The molecule has 0 heterocycles. The second-order valence-corrected chi connectivity index (χ2v) is 3.53. The van der Waals surface area contributed by atoms with Gasteiger partial charge in [-0.2, -0.15) is 5.26 Å². The Balaban J connectivity index is 2.78. The van der Waals surface area contributed by atoms with Crippen LogP contribution in [0.3, 0.4) is 0 Å². The number of benzene rings is 1. The number of rotatable bonds is 3. The Kier molecular flexibility index (Phi) is 4.04. The van der Waals surface area contributed by atoms with Gasteiger partial charge in [-0.1, -0.05) is 0 Å². The number of nitriles is 1. The monoisotopic (exact) mass is 223 g/mol. The van der Waals surface area contributed by atoms with Gasteiger partial charge < -0.3 is 15.2 Å². The quantitative estimate of drug-likeness (QED) is 0.457. The van der Waals surface area contributed by atoms with E-state index in [1.54, 1.807) is 37.1 Å². The lowest BCUT2D eigenvalue weighted by molar-refractivity contribution is 0.500. The van der Waals surface area contributed by atoms with Gasteiger partial charge in [0.05, 0.1) is 0 Å². The third-order valence-corrected chi connectivity index (χ3v) is 2.22. The maximum atomic E-state index is 8.97. The van der Waals surface area contributed by atoms with E-state index in [9.17, 15) is 0 Å². The highest BCUT2D eigenvalue weighted by atomic mass is 31.2. The van der Waals surface area contributed by atoms with Crippen LogP contribution < -0.4 is 10.3 Å². The lowest BCUT2D eigenvalue weighted by Gasteiger charge is -2.05. The molecule has 0 spiro atoms. The predicted molar refractivity (Wildman–Crippen MR) is 58.5 cm³/mol. The molecular weight excluding hydrogens is 213 g/mol. The van der Waals surface area contributed by atoms with Crippen molar-refractivity contribution in [1.29, 1.82) is 5.26 Å². The van der Waals surface area contributed by atoms with E-state index in [2.05, 4.69) is 4.99 Å². The fourth-order valence-corrected chi connectivity index (χ4v) is 1.30. The molecule has 6 heteroatoms. The van der Waals surface area contributed by atoms with Crippen molar-refractivity contribution >= 4 is 14.2 Å². The summed E-state index contributed by atoms with van der Waals surface area (Å²) in [6.07, 6.45) is 0. The fraction of sp³-hybridized carbons (Fsp3) is 0.111. The van der Waals surface area contributed by atoms with Gasteiger partial charge in [0.25, 0.3) is 0 Å². The zero-order chi connectivity index (χ0) is 11.3. The lowest BCUT2D eigenvalue weighted by Crippen LogP contribution is -2.12. The van der Waals surface area contributed by atoms with Crippen LogP contribution >= 0.6 is 8.38 Å². The molecule has 0 radical (unpaired) electrons. The van der Waals surface area contributed by atoms with Gasteiger partial charge in [-0.25, -0.2) is 0 Å². The predicted octanol–water partition coefficient (Wildman–Crippen LogP) is 1.19. The second kappa shape index (κ2) is 5.30. The minimum absolute atomic E-state index is 0.424. The molecule has 0 aromatic heterocycles.